The Hall–Kier alpha value is -1.13. The smallest absolute Gasteiger partial charge is 0.170 e. The standard InChI is InChI=1S/C14H18O3S/c1-3-17-9-8-12(15)10-14(16)11-4-6-13(18-2)7-5-11/h4-7H,3,8-10H2,1-2H3. The summed E-state index contributed by atoms with van der Waals surface area (Å²) in [6, 6.07) is 7.32. The zero-order chi connectivity index (χ0) is 13.4. The summed E-state index contributed by atoms with van der Waals surface area (Å²) in [6.07, 6.45) is 2.25. The van der Waals surface area contributed by atoms with Crippen molar-refractivity contribution in [1.29, 1.82) is 0 Å². The predicted molar refractivity (Wildman–Crippen MR) is 73.3 cm³/mol. The van der Waals surface area contributed by atoms with E-state index in [4.69, 9.17) is 4.74 Å². The van der Waals surface area contributed by atoms with Crippen LogP contribution in [0.2, 0.25) is 0 Å². The summed E-state index contributed by atoms with van der Waals surface area (Å²) in [5.41, 5.74) is 0.595. The van der Waals surface area contributed by atoms with Gasteiger partial charge in [-0.1, -0.05) is 12.1 Å². The molecule has 0 unspecified atom stereocenters. The van der Waals surface area contributed by atoms with Crippen LogP contribution in [-0.4, -0.2) is 31.0 Å². The van der Waals surface area contributed by atoms with Gasteiger partial charge in [-0.15, -0.1) is 11.8 Å². The maximum absolute atomic E-state index is 11.8. The van der Waals surface area contributed by atoms with Gasteiger partial charge in [0.05, 0.1) is 13.0 Å². The van der Waals surface area contributed by atoms with Crippen molar-refractivity contribution in [3.05, 3.63) is 29.8 Å². The van der Waals surface area contributed by atoms with E-state index in [1.165, 1.54) is 0 Å². The van der Waals surface area contributed by atoms with Gasteiger partial charge in [0.15, 0.2) is 5.78 Å². The summed E-state index contributed by atoms with van der Waals surface area (Å²) >= 11 is 1.62. The van der Waals surface area contributed by atoms with E-state index in [-0.39, 0.29) is 18.0 Å². The molecule has 98 valence electrons. The second-order valence-corrected chi connectivity index (χ2v) is 4.69. The second-order valence-electron chi connectivity index (χ2n) is 3.81. The minimum Gasteiger partial charge on any atom is -0.381 e. The van der Waals surface area contributed by atoms with Gasteiger partial charge >= 0.3 is 0 Å². The highest BCUT2D eigenvalue weighted by Crippen LogP contribution is 2.15. The molecule has 1 aromatic rings. The number of ketones is 2. The van der Waals surface area contributed by atoms with Gasteiger partial charge in [0.1, 0.15) is 5.78 Å². The second kappa shape index (κ2) is 8.06. The fourth-order valence-electron chi connectivity index (χ4n) is 1.48. The van der Waals surface area contributed by atoms with E-state index in [0.29, 0.717) is 25.2 Å². The SMILES string of the molecule is CCOCCC(=O)CC(=O)c1ccc(SC)cc1. The Labute approximate surface area is 112 Å². The molecule has 0 bridgehead atoms. The first kappa shape index (κ1) is 14.9. The molecular formula is C14H18O3S. The molecular weight excluding hydrogens is 248 g/mol. The van der Waals surface area contributed by atoms with E-state index in [1.54, 1.807) is 23.9 Å². The Morgan fingerprint density at radius 3 is 2.44 bits per heavy atom. The first-order chi connectivity index (χ1) is 8.67. The maximum Gasteiger partial charge on any atom is 0.170 e. The molecule has 0 saturated carbocycles. The number of hydrogen-bond acceptors (Lipinski definition) is 4. The predicted octanol–water partition coefficient (Wildman–Crippen LogP) is 2.98. The zero-order valence-electron chi connectivity index (χ0n) is 10.8. The van der Waals surface area contributed by atoms with Gasteiger partial charge in [0, 0.05) is 23.5 Å². The minimum absolute atomic E-state index is 0.0360. The lowest BCUT2D eigenvalue weighted by atomic mass is 10.1. The van der Waals surface area contributed by atoms with Gasteiger partial charge in [0.25, 0.3) is 0 Å². The maximum atomic E-state index is 11.8. The van der Waals surface area contributed by atoms with Gasteiger partial charge in [-0.05, 0) is 25.3 Å². The fourth-order valence-corrected chi connectivity index (χ4v) is 1.89. The van der Waals surface area contributed by atoms with E-state index in [1.807, 2.05) is 25.3 Å². The zero-order valence-corrected chi connectivity index (χ0v) is 11.6. The summed E-state index contributed by atoms with van der Waals surface area (Å²) in [5.74, 6) is -0.188. The lowest BCUT2D eigenvalue weighted by molar-refractivity contribution is -0.119. The molecule has 1 rings (SSSR count). The molecule has 0 atom stereocenters. The quantitative estimate of drug-likeness (QED) is 0.314. The highest BCUT2D eigenvalue weighted by atomic mass is 32.2. The third-order valence-corrected chi connectivity index (χ3v) is 3.24. The molecule has 4 heteroatoms. The summed E-state index contributed by atoms with van der Waals surface area (Å²) in [4.78, 5) is 24.4. The van der Waals surface area contributed by atoms with Gasteiger partial charge in [-0.3, -0.25) is 9.59 Å². The van der Waals surface area contributed by atoms with Gasteiger partial charge < -0.3 is 4.74 Å². The van der Waals surface area contributed by atoms with Crippen molar-refractivity contribution in [2.24, 2.45) is 0 Å². The van der Waals surface area contributed by atoms with Crippen molar-refractivity contribution in [3.63, 3.8) is 0 Å². The number of hydrogen-bond donors (Lipinski definition) is 0. The molecule has 1 aromatic carbocycles. The number of rotatable bonds is 8. The van der Waals surface area contributed by atoms with E-state index in [2.05, 4.69) is 0 Å². The Morgan fingerprint density at radius 2 is 1.89 bits per heavy atom. The average Bonchev–Trinajstić information content (AvgIpc) is 2.39. The molecule has 0 fully saturated rings. The van der Waals surface area contributed by atoms with Crippen LogP contribution in [0.5, 0.6) is 0 Å². The number of ether oxygens (including phenoxy) is 1. The normalized spacial score (nSPS) is 10.3. The molecule has 0 aliphatic rings. The lowest BCUT2D eigenvalue weighted by Gasteiger charge is -2.02. The summed E-state index contributed by atoms with van der Waals surface area (Å²) < 4.78 is 5.09. The third kappa shape index (κ3) is 5.02. The summed E-state index contributed by atoms with van der Waals surface area (Å²) in [5, 5.41) is 0. The molecule has 0 aromatic heterocycles. The number of carbonyl (C=O) groups excluding carboxylic acids is 2. The van der Waals surface area contributed by atoms with Crippen LogP contribution < -0.4 is 0 Å². The van der Waals surface area contributed by atoms with Gasteiger partial charge in [0.2, 0.25) is 0 Å². The van der Waals surface area contributed by atoms with Crippen molar-refractivity contribution >= 4 is 23.3 Å². The van der Waals surface area contributed by atoms with E-state index in [0.717, 1.165) is 4.90 Å². The Balaban J connectivity index is 2.46. The molecule has 18 heavy (non-hydrogen) atoms. The van der Waals surface area contributed by atoms with Crippen LogP contribution in [0.4, 0.5) is 0 Å². The van der Waals surface area contributed by atoms with Crippen LogP contribution in [0.25, 0.3) is 0 Å². The molecule has 0 N–H and O–H groups in total. The largest absolute Gasteiger partial charge is 0.381 e. The third-order valence-electron chi connectivity index (χ3n) is 2.50. The van der Waals surface area contributed by atoms with E-state index >= 15 is 0 Å². The van der Waals surface area contributed by atoms with E-state index < -0.39 is 0 Å². The van der Waals surface area contributed by atoms with Crippen LogP contribution in [-0.2, 0) is 9.53 Å². The van der Waals surface area contributed by atoms with Crippen LogP contribution in [0.3, 0.4) is 0 Å². The van der Waals surface area contributed by atoms with Crippen molar-refractivity contribution in [3.8, 4) is 0 Å². The van der Waals surface area contributed by atoms with Crippen LogP contribution in [0.1, 0.15) is 30.1 Å². The molecule has 0 radical (unpaired) electrons. The molecule has 0 amide bonds. The molecule has 0 aliphatic carbocycles. The molecule has 0 aliphatic heterocycles. The Kier molecular flexibility index (Phi) is 6.68. The van der Waals surface area contributed by atoms with Gasteiger partial charge in [-0.25, -0.2) is 0 Å². The Bertz CT molecular complexity index is 398. The highest BCUT2D eigenvalue weighted by molar-refractivity contribution is 7.98. The number of thioether (sulfide) groups is 1. The number of Topliss-reactive ketones (excluding diaryl/α,β-unsaturated/α-hetero) is 2. The average molecular weight is 266 g/mol. The summed E-state index contributed by atoms with van der Waals surface area (Å²) in [7, 11) is 0. The monoisotopic (exact) mass is 266 g/mol. The number of carbonyl (C=O) groups is 2. The van der Waals surface area contributed by atoms with Crippen molar-refractivity contribution in [2.75, 3.05) is 19.5 Å². The van der Waals surface area contributed by atoms with Crippen molar-refractivity contribution < 1.29 is 14.3 Å². The fraction of sp³-hybridized carbons (Fsp3) is 0.429. The van der Waals surface area contributed by atoms with Crippen molar-refractivity contribution in [2.45, 2.75) is 24.7 Å². The highest BCUT2D eigenvalue weighted by Gasteiger charge is 2.11. The first-order valence-electron chi connectivity index (χ1n) is 5.94. The van der Waals surface area contributed by atoms with Crippen molar-refractivity contribution in [1.82, 2.24) is 0 Å². The molecule has 3 nitrogen and oxygen atoms in total. The van der Waals surface area contributed by atoms with E-state index in [9.17, 15) is 9.59 Å². The first-order valence-corrected chi connectivity index (χ1v) is 7.16. The molecule has 0 saturated heterocycles. The Morgan fingerprint density at radius 1 is 1.22 bits per heavy atom. The topological polar surface area (TPSA) is 43.4 Å². The van der Waals surface area contributed by atoms with Crippen LogP contribution in [0, 0.1) is 0 Å². The molecule has 0 spiro atoms. The summed E-state index contributed by atoms with van der Waals surface area (Å²) in [6.45, 7) is 2.87. The minimum atomic E-state index is -0.121. The van der Waals surface area contributed by atoms with Crippen LogP contribution in [0.15, 0.2) is 29.2 Å². The van der Waals surface area contributed by atoms with Crippen LogP contribution >= 0.6 is 11.8 Å². The lowest BCUT2D eigenvalue weighted by Crippen LogP contribution is -2.10. The molecule has 0 heterocycles. The number of benzene rings is 1. The van der Waals surface area contributed by atoms with Gasteiger partial charge in [-0.2, -0.15) is 0 Å².